The molecule has 7 heteroatoms. The van der Waals surface area contributed by atoms with E-state index in [1.54, 1.807) is 7.11 Å². The number of methoxy groups -OCH3 is 1. The quantitative estimate of drug-likeness (QED) is 0.415. The van der Waals surface area contributed by atoms with Gasteiger partial charge in [-0.05, 0) is 48.9 Å². The van der Waals surface area contributed by atoms with E-state index in [0.717, 1.165) is 33.5 Å². The third-order valence-electron chi connectivity index (χ3n) is 4.85. The molecule has 2 aromatic heterocycles. The van der Waals surface area contributed by atoms with Gasteiger partial charge in [0, 0.05) is 10.9 Å². The van der Waals surface area contributed by atoms with Crippen LogP contribution in [0.3, 0.4) is 0 Å². The highest BCUT2D eigenvalue weighted by molar-refractivity contribution is 5.92. The molecule has 0 aliphatic carbocycles. The molecule has 0 unspecified atom stereocenters. The van der Waals surface area contributed by atoms with Crippen molar-refractivity contribution in [2.24, 2.45) is 0 Å². The first kappa shape index (κ1) is 18.7. The zero-order valence-corrected chi connectivity index (χ0v) is 17.0. The third-order valence-corrected chi connectivity index (χ3v) is 4.85. The van der Waals surface area contributed by atoms with Crippen molar-refractivity contribution in [1.82, 2.24) is 20.2 Å². The van der Waals surface area contributed by atoms with Gasteiger partial charge in [-0.2, -0.15) is 0 Å². The number of para-hydroxylation sites is 1. The van der Waals surface area contributed by atoms with Crippen LogP contribution in [0.25, 0.3) is 34.1 Å². The van der Waals surface area contributed by atoms with E-state index in [1.165, 1.54) is 0 Å². The van der Waals surface area contributed by atoms with Crippen molar-refractivity contribution >= 4 is 22.4 Å². The van der Waals surface area contributed by atoms with Crippen molar-refractivity contribution in [2.75, 3.05) is 12.4 Å². The number of benzene rings is 3. The Hall–Kier alpha value is -4.26. The maximum Gasteiger partial charge on any atom is 0.286 e. The summed E-state index contributed by atoms with van der Waals surface area (Å²) in [5, 5.41) is 12.6. The molecule has 3 aromatic carbocycles. The molecule has 5 rings (SSSR count). The first-order valence-electron chi connectivity index (χ1n) is 9.79. The molecule has 0 saturated carbocycles. The van der Waals surface area contributed by atoms with E-state index in [4.69, 9.17) is 14.1 Å². The second kappa shape index (κ2) is 7.87. The molecular weight excluding hydrogens is 390 g/mol. The van der Waals surface area contributed by atoms with Gasteiger partial charge in [-0.3, -0.25) is 0 Å². The summed E-state index contributed by atoms with van der Waals surface area (Å²) in [7, 11) is 1.64. The van der Waals surface area contributed by atoms with Gasteiger partial charge in [0.1, 0.15) is 11.6 Å². The Morgan fingerprint density at radius 1 is 0.839 bits per heavy atom. The second-order valence-electron chi connectivity index (χ2n) is 7.02. The van der Waals surface area contributed by atoms with Crippen LogP contribution in [0.1, 0.15) is 5.56 Å². The highest BCUT2D eigenvalue weighted by Crippen LogP contribution is 2.32. The molecule has 0 aliphatic rings. The van der Waals surface area contributed by atoms with Gasteiger partial charge in [0.05, 0.1) is 18.3 Å². The molecular formula is C24H19N5O2. The molecule has 0 bridgehead atoms. The Morgan fingerprint density at radius 3 is 2.45 bits per heavy atom. The summed E-state index contributed by atoms with van der Waals surface area (Å²) in [6, 6.07) is 23.3. The summed E-state index contributed by atoms with van der Waals surface area (Å²) in [5.41, 5.74) is 3.52. The fourth-order valence-corrected chi connectivity index (χ4v) is 3.33. The molecule has 0 amide bonds. The summed E-state index contributed by atoms with van der Waals surface area (Å²) in [5.74, 6) is 2.37. The number of fused-ring (bicyclic) bond motifs is 1. The number of ether oxygens (including phenoxy) is 1. The molecule has 0 spiro atoms. The zero-order valence-electron chi connectivity index (χ0n) is 17.0. The maximum atomic E-state index is 5.87. The normalized spacial score (nSPS) is 10.9. The van der Waals surface area contributed by atoms with E-state index in [-0.39, 0.29) is 5.89 Å². The minimum atomic E-state index is 0.254. The van der Waals surface area contributed by atoms with E-state index in [0.29, 0.717) is 17.5 Å². The van der Waals surface area contributed by atoms with Gasteiger partial charge >= 0.3 is 0 Å². The Labute approximate surface area is 178 Å². The minimum Gasteiger partial charge on any atom is -0.495 e. The average molecular weight is 409 g/mol. The van der Waals surface area contributed by atoms with Crippen LogP contribution in [0.5, 0.6) is 5.75 Å². The van der Waals surface area contributed by atoms with Crippen LogP contribution >= 0.6 is 0 Å². The van der Waals surface area contributed by atoms with Crippen LogP contribution in [0.2, 0.25) is 0 Å². The lowest BCUT2D eigenvalue weighted by atomic mass is 10.2. The van der Waals surface area contributed by atoms with E-state index >= 15 is 0 Å². The summed E-state index contributed by atoms with van der Waals surface area (Å²) in [4.78, 5) is 9.34. The number of aryl methyl sites for hydroxylation is 1. The molecule has 0 aliphatic heterocycles. The molecule has 0 atom stereocenters. The molecule has 0 fully saturated rings. The van der Waals surface area contributed by atoms with E-state index in [9.17, 15) is 0 Å². The Kier molecular flexibility index (Phi) is 4.76. The lowest BCUT2D eigenvalue weighted by Crippen LogP contribution is -2.01. The van der Waals surface area contributed by atoms with Crippen LogP contribution in [-0.2, 0) is 0 Å². The lowest BCUT2D eigenvalue weighted by Gasteiger charge is -2.13. The van der Waals surface area contributed by atoms with Gasteiger partial charge in [0.2, 0.25) is 11.7 Å². The van der Waals surface area contributed by atoms with Crippen LogP contribution in [0.4, 0.5) is 11.5 Å². The number of aromatic nitrogens is 4. The topological polar surface area (TPSA) is 86.0 Å². The van der Waals surface area contributed by atoms with Crippen molar-refractivity contribution in [2.45, 2.75) is 6.92 Å². The highest BCUT2D eigenvalue weighted by Gasteiger charge is 2.17. The predicted molar refractivity (Wildman–Crippen MR) is 119 cm³/mol. The molecule has 5 aromatic rings. The number of anilines is 2. The molecule has 1 N–H and O–H groups in total. The van der Waals surface area contributed by atoms with Gasteiger partial charge in [-0.1, -0.05) is 36.4 Å². The summed E-state index contributed by atoms with van der Waals surface area (Å²) in [6.45, 7) is 2.03. The summed E-state index contributed by atoms with van der Waals surface area (Å²) in [6.07, 6.45) is 0. The fourth-order valence-electron chi connectivity index (χ4n) is 3.33. The van der Waals surface area contributed by atoms with Gasteiger partial charge in [-0.15, -0.1) is 10.2 Å². The average Bonchev–Trinajstić information content (AvgIpc) is 3.30. The van der Waals surface area contributed by atoms with Gasteiger partial charge in [0.15, 0.2) is 0 Å². The summed E-state index contributed by atoms with van der Waals surface area (Å²) < 4.78 is 11.4. The van der Waals surface area contributed by atoms with E-state index < -0.39 is 0 Å². The zero-order chi connectivity index (χ0) is 21.2. The fraction of sp³-hybridized carbons (Fsp3) is 0.0833. The number of hydrogen-bond donors (Lipinski definition) is 1. The predicted octanol–water partition coefficient (Wildman–Crippen LogP) is 5.41. The molecule has 2 heterocycles. The molecule has 0 saturated heterocycles. The van der Waals surface area contributed by atoms with Crippen molar-refractivity contribution in [3.63, 3.8) is 0 Å². The van der Waals surface area contributed by atoms with Crippen LogP contribution in [0.15, 0.2) is 77.2 Å². The van der Waals surface area contributed by atoms with E-state index in [1.807, 2.05) is 79.7 Å². The monoisotopic (exact) mass is 409 g/mol. The number of nitrogens with one attached hydrogen (secondary N) is 1. The second-order valence-corrected chi connectivity index (χ2v) is 7.02. The van der Waals surface area contributed by atoms with Crippen molar-refractivity contribution in [3.8, 4) is 28.9 Å². The smallest absolute Gasteiger partial charge is 0.286 e. The number of nitrogens with zero attached hydrogens (tertiary/aromatic N) is 4. The third kappa shape index (κ3) is 3.69. The first-order chi connectivity index (χ1) is 15.2. The molecule has 7 nitrogen and oxygen atoms in total. The standard InChI is InChI=1S/C24H19N5O2/c1-15-12-13-20(30-2)19(14-15)26-21-17-10-6-7-11-18(17)25-22(27-21)24-29-28-23(31-24)16-8-4-3-5-9-16/h3-14H,1-2H3,(H,25,26,27). The number of rotatable bonds is 5. The molecule has 0 radical (unpaired) electrons. The van der Waals surface area contributed by atoms with Crippen molar-refractivity contribution in [1.29, 1.82) is 0 Å². The molecule has 31 heavy (non-hydrogen) atoms. The Bertz CT molecular complexity index is 1370. The van der Waals surface area contributed by atoms with Gasteiger partial charge < -0.3 is 14.5 Å². The maximum absolute atomic E-state index is 5.87. The highest BCUT2D eigenvalue weighted by atomic mass is 16.5. The molecule has 152 valence electrons. The van der Waals surface area contributed by atoms with Crippen molar-refractivity contribution < 1.29 is 9.15 Å². The van der Waals surface area contributed by atoms with Gasteiger partial charge in [0.25, 0.3) is 5.89 Å². The largest absolute Gasteiger partial charge is 0.495 e. The number of hydrogen-bond acceptors (Lipinski definition) is 7. The van der Waals surface area contributed by atoms with Gasteiger partial charge in [-0.25, -0.2) is 9.97 Å². The van der Waals surface area contributed by atoms with Crippen molar-refractivity contribution in [3.05, 3.63) is 78.4 Å². The SMILES string of the molecule is COc1ccc(C)cc1Nc1nc(-c2nnc(-c3ccccc3)o2)nc2ccccc12. The lowest BCUT2D eigenvalue weighted by molar-refractivity contribution is 0.416. The Morgan fingerprint density at radius 2 is 1.61 bits per heavy atom. The van der Waals surface area contributed by atoms with Crippen LogP contribution in [0, 0.1) is 6.92 Å². The Balaban J connectivity index is 1.60. The first-order valence-corrected chi connectivity index (χ1v) is 9.79. The van der Waals surface area contributed by atoms with Crippen LogP contribution in [-0.4, -0.2) is 27.3 Å². The van der Waals surface area contributed by atoms with Crippen LogP contribution < -0.4 is 10.1 Å². The summed E-state index contributed by atoms with van der Waals surface area (Å²) >= 11 is 0. The minimum absolute atomic E-state index is 0.254. The van der Waals surface area contributed by atoms with E-state index in [2.05, 4.69) is 20.5 Å².